The second-order valence-electron chi connectivity index (χ2n) is 9.02. The summed E-state index contributed by atoms with van der Waals surface area (Å²) in [6, 6.07) is 5.74. The van der Waals surface area contributed by atoms with Crippen LogP contribution in [0.4, 0.5) is 18.9 Å². The molecule has 186 valence electrons. The van der Waals surface area contributed by atoms with E-state index in [1.54, 1.807) is 52.8 Å². The first-order valence-electron chi connectivity index (χ1n) is 11.3. The van der Waals surface area contributed by atoms with E-state index in [0.717, 1.165) is 37.3 Å². The van der Waals surface area contributed by atoms with Crippen LogP contribution in [0.5, 0.6) is 11.6 Å². The maximum absolute atomic E-state index is 13.5. The lowest BCUT2D eigenvalue weighted by Gasteiger charge is -2.35. The largest absolute Gasteiger partial charge is 0.438 e. The van der Waals surface area contributed by atoms with E-state index >= 15 is 0 Å². The third kappa shape index (κ3) is 6.41. The molecule has 0 N–H and O–H groups in total. The Kier molecular flexibility index (Phi) is 8.83. The summed E-state index contributed by atoms with van der Waals surface area (Å²) >= 11 is 1.78. The molecule has 1 aromatic heterocycles. The second kappa shape index (κ2) is 11.2. The number of hydrogen-bond acceptors (Lipinski definition) is 4. The Morgan fingerprint density at radius 1 is 1.24 bits per heavy atom. The number of carbonyl (C=O) groups excluding carboxylic acids is 1. The van der Waals surface area contributed by atoms with Crippen molar-refractivity contribution in [3.8, 4) is 11.6 Å². The molecule has 0 bridgehead atoms. The van der Waals surface area contributed by atoms with Crippen molar-refractivity contribution < 1.29 is 27.4 Å². The summed E-state index contributed by atoms with van der Waals surface area (Å²) in [7, 11) is 1.59. The fourth-order valence-electron chi connectivity index (χ4n) is 4.38. The standard InChI is InChI=1S/C25H30F3IN2O3/c1-15-5-7-18(8-6-15)24(32)31(17(3)14-33-4)22-10-9-20(11-16(22)2)34-23-21(25(26,27)28)12-19(29)13-30-23/h9-13,15,17-18H,5-8,14H2,1-4H3/t15-,17-,18-/m0/s1. The van der Waals surface area contributed by atoms with Crippen LogP contribution in [0.15, 0.2) is 30.5 Å². The van der Waals surface area contributed by atoms with Crippen molar-refractivity contribution in [1.82, 2.24) is 4.98 Å². The Labute approximate surface area is 212 Å². The highest BCUT2D eigenvalue weighted by molar-refractivity contribution is 14.1. The molecule has 34 heavy (non-hydrogen) atoms. The van der Waals surface area contributed by atoms with Crippen LogP contribution in [0.1, 0.15) is 50.7 Å². The minimum absolute atomic E-state index is 0.0452. The van der Waals surface area contributed by atoms with Crippen LogP contribution in [0, 0.1) is 22.3 Å². The van der Waals surface area contributed by atoms with E-state index in [9.17, 15) is 18.0 Å². The van der Waals surface area contributed by atoms with Crippen LogP contribution in [0.3, 0.4) is 0 Å². The van der Waals surface area contributed by atoms with Crippen molar-refractivity contribution in [3.05, 3.63) is 45.2 Å². The van der Waals surface area contributed by atoms with Gasteiger partial charge in [-0.05, 0) is 97.9 Å². The first-order valence-corrected chi connectivity index (χ1v) is 12.4. The molecule has 1 aromatic carbocycles. The fraction of sp³-hybridized carbons (Fsp3) is 0.520. The molecule has 1 aliphatic rings. The zero-order valence-electron chi connectivity index (χ0n) is 19.8. The number of carbonyl (C=O) groups is 1. The lowest BCUT2D eigenvalue weighted by atomic mass is 9.82. The Hall–Kier alpha value is -1.88. The summed E-state index contributed by atoms with van der Waals surface area (Å²) < 4.78 is 51.6. The molecule has 0 aliphatic heterocycles. The van der Waals surface area contributed by atoms with Gasteiger partial charge in [0.1, 0.15) is 11.3 Å². The topological polar surface area (TPSA) is 51.7 Å². The number of amides is 1. The molecule has 3 rings (SSSR count). The smallest absolute Gasteiger partial charge is 0.421 e. The molecule has 1 atom stereocenters. The van der Waals surface area contributed by atoms with Crippen LogP contribution in [0.2, 0.25) is 0 Å². The minimum Gasteiger partial charge on any atom is -0.438 e. The molecule has 1 saturated carbocycles. The van der Waals surface area contributed by atoms with Crippen LogP contribution < -0.4 is 9.64 Å². The van der Waals surface area contributed by atoms with Crippen molar-refractivity contribution in [1.29, 1.82) is 0 Å². The Morgan fingerprint density at radius 3 is 2.50 bits per heavy atom. The van der Waals surface area contributed by atoms with Crippen LogP contribution in [0.25, 0.3) is 0 Å². The highest BCUT2D eigenvalue weighted by atomic mass is 127. The highest BCUT2D eigenvalue weighted by Crippen LogP contribution is 2.39. The third-order valence-electron chi connectivity index (χ3n) is 6.22. The van der Waals surface area contributed by atoms with Gasteiger partial charge in [0.15, 0.2) is 0 Å². The van der Waals surface area contributed by atoms with Crippen LogP contribution in [-0.4, -0.2) is 30.6 Å². The number of rotatable bonds is 7. The van der Waals surface area contributed by atoms with Gasteiger partial charge in [-0.3, -0.25) is 4.79 Å². The van der Waals surface area contributed by atoms with Gasteiger partial charge in [-0.2, -0.15) is 13.2 Å². The van der Waals surface area contributed by atoms with E-state index in [1.165, 1.54) is 6.20 Å². The number of anilines is 1. The molecular weight excluding hydrogens is 560 g/mol. The van der Waals surface area contributed by atoms with Gasteiger partial charge in [0, 0.05) is 28.5 Å². The number of pyridine rings is 1. The minimum atomic E-state index is -4.59. The van der Waals surface area contributed by atoms with Gasteiger partial charge in [0.25, 0.3) is 0 Å². The molecule has 0 radical (unpaired) electrons. The van der Waals surface area contributed by atoms with Gasteiger partial charge in [0.2, 0.25) is 11.8 Å². The predicted octanol–water partition coefficient (Wildman–Crippen LogP) is 7.00. The number of benzene rings is 1. The maximum atomic E-state index is 13.5. The molecule has 5 nitrogen and oxygen atoms in total. The molecule has 1 amide bonds. The molecule has 0 unspecified atom stereocenters. The van der Waals surface area contributed by atoms with Crippen LogP contribution >= 0.6 is 22.6 Å². The van der Waals surface area contributed by atoms with Gasteiger partial charge in [-0.25, -0.2) is 4.98 Å². The first kappa shape index (κ1) is 26.7. The number of hydrogen-bond donors (Lipinski definition) is 0. The molecule has 1 aliphatic carbocycles. The predicted molar refractivity (Wildman–Crippen MR) is 133 cm³/mol. The Bertz CT molecular complexity index is 1010. The maximum Gasteiger partial charge on any atom is 0.421 e. The van der Waals surface area contributed by atoms with E-state index < -0.39 is 17.6 Å². The molecule has 0 spiro atoms. The number of aromatic nitrogens is 1. The van der Waals surface area contributed by atoms with E-state index in [2.05, 4.69) is 11.9 Å². The van der Waals surface area contributed by atoms with Crippen molar-refractivity contribution in [2.24, 2.45) is 11.8 Å². The second-order valence-corrected chi connectivity index (χ2v) is 10.3. The quantitative estimate of drug-likeness (QED) is 0.326. The first-order chi connectivity index (χ1) is 16.0. The summed E-state index contributed by atoms with van der Waals surface area (Å²) in [5.74, 6) is 0.363. The Morgan fingerprint density at radius 2 is 1.91 bits per heavy atom. The molecular formula is C25H30F3IN2O3. The van der Waals surface area contributed by atoms with Crippen molar-refractivity contribution in [3.63, 3.8) is 0 Å². The number of aryl methyl sites for hydroxylation is 1. The zero-order valence-corrected chi connectivity index (χ0v) is 21.9. The zero-order chi connectivity index (χ0) is 25.0. The van der Waals surface area contributed by atoms with E-state index in [4.69, 9.17) is 9.47 Å². The molecule has 0 saturated heterocycles. The van der Waals surface area contributed by atoms with Crippen molar-refractivity contribution in [2.45, 2.75) is 58.7 Å². The van der Waals surface area contributed by atoms with Gasteiger partial charge in [-0.15, -0.1) is 0 Å². The van der Waals surface area contributed by atoms with E-state index in [0.29, 0.717) is 21.8 Å². The average molecular weight is 590 g/mol. The average Bonchev–Trinajstić information content (AvgIpc) is 2.76. The van der Waals surface area contributed by atoms with Gasteiger partial charge >= 0.3 is 6.18 Å². The van der Waals surface area contributed by atoms with Gasteiger partial charge < -0.3 is 14.4 Å². The number of alkyl halides is 3. The number of halogens is 4. The SMILES string of the molecule is COC[C@H](C)N(c1ccc(Oc2ncc(I)cc2C(F)(F)F)cc1C)C(=O)[C@H]1CC[C@H](C)CC1. The molecule has 1 heterocycles. The number of nitrogens with zero attached hydrogens (tertiary/aromatic N) is 2. The van der Waals surface area contributed by atoms with E-state index in [1.807, 2.05) is 13.8 Å². The lowest BCUT2D eigenvalue weighted by Crippen LogP contribution is -2.45. The summed E-state index contributed by atoms with van der Waals surface area (Å²) in [5, 5.41) is 0. The Balaban J connectivity index is 1.90. The summed E-state index contributed by atoms with van der Waals surface area (Å²) in [5.41, 5.74) is 0.488. The summed E-state index contributed by atoms with van der Waals surface area (Å²) in [6.45, 7) is 6.33. The van der Waals surface area contributed by atoms with Gasteiger partial charge in [-0.1, -0.05) is 6.92 Å². The fourth-order valence-corrected chi connectivity index (χ4v) is 4.83. The normalized spacial score (nSPS) is 19.5. The van der Waals surface area contributed by atoms with Gasteiger partial charge in [0.05, 0.1) is 12.6 Å². The highest BCUT2D eigenvalue weighted by Gasteiger charge is 2.36. The summed E-state index contributed by atoms with van der Waals surface area (Å²) in [4.78, 5) is 19.2. The van der Waals surface area contributed by atoms with E-state index in [-0.39, 0.29) is 23.6 Å². The molecule has 2 aromatic rings. The monoisotopic (exact) mass is 590 g/mol. The molecule has 9 heteroatoms. The third-order valence-corrected chi connectivity index (χ3v) is 6.81. The number of ether oxygens (including phenoxy) is 2. The number of methoxy groups -OCH3 is 1. The lowest BCUT2D eigenvalue weighted by molar-refractivity contribution is -0.139. The van der Waals surface area contributed by atoms with Crippen molar-refractivity contribution in [2.75, 3.05) is 18.6 Å². The van der Waals surface area contributed by atoms with Crippen LogP contribution in [-0.2, 0) is 15.7 Å². The van der Waals surface area contributed by atoms with Crippen molar-refractivity contribution >= 4 is 34.2 Å². The summed E-state index contributed by atoms with van der Waals surface area (Å²) in [6.07, 6.45) is 0.502. The molecule has 1 fully saturated rings.